The molecule has 2 heterocycles. The standard InChI is InChI=1S/C49H63N11O8/c1-28-41(29(2)56-43(55-28)33-11-8-31(9-12-33)27-68-49(4,5)6)46(63)58-37(16-17-50)48(65)60(7)42-34-13-15-40(67-23-20-53)36(26-34)35-24-32(10-14-39(35)66-22-19-52)25-38(45(62)54-21-18-51)59-44(61)30(3)57-47(42)64/h8-15,24,26,30,37-38,42H,16-17,19-23,25,27,50,52-53H2,1-7H3,(H,54,62)(H,57,64)(H,58,63)(H,59,61)/t30-,37-,38-,42-/m0/s1. The Morgan fingerprint density at radius 2 is 1.50 bits per heavy atom. The molecule has 1 aliphatic heterocycles. The van der Waals surface area contributed by atoms with E-state index in [1.54, 1.807) is 50.2 Å². The van der Waals surface area contributed by atoms with E-state index in [0.717, 1.165) is 11.1 Å². The minimum Gasteiger partial charge on any atom is -0.492 e. The maximum Gasteiger partial charge on any atom is 0.255 e. The van der Waals surface area contributed by atoms with Crippen molar-refractivity contribution in [3.63, 3.8) is 0 Å². The molecule has 19 nitrogen and oxygen atoms in total. The molecule has 5 rings (SSSR count). The number of amides is 5. The Labute approximate surface area is 396 Å². The summed E-state index contributed by atoms with van der Waals surface area (Å²) in [5, 5.41) is 19.9. The Kier molecular flexibility index (Phi) is 18.1. The van der Waals surface area contributed by atoms with Gasteiger partial charge in [-0.1, -0.05) is 36.4 Å². The van der Waals surface area contributed by atoms with E-state index in [-0.39, 0.29) is 63.4 Å². The molecule has 10 N–H and O–H groups in total. The van der Waals surface area contributed by atoms with Crippen LogP contribution in [0.5, 0.6) is 11.5 Å². The first kappa shape index (κ1) is 52.0. The van der Waals surface area contributed by atoms with Gasteiger partial charge < -0.3 is 57.6 Å². The van der Waals surface area contributed by atoms with Gasteiger partial charge in [0.2, 0.25) is 23.6 Å². The quantitative estimate of drug-likeness (QED) is 0.0748. The zero-order chi connectivity index (χ0) is 49.7. The van der Waals surface area contributed by atoms with Crippen LogP contribution in [0.3, 0.4) is 0 Å². The van der Waals surface area contributed by atoms with Crippen LogP contribution in [0.1, 0.15) is 78.6 Å². The molecule has 362 valence electrons. The van der Waals surface area contributed by atoms with Gasteiger partial charge in [-0.05, 0) is 95.5 Å². The van der Waals surface area contributed by atoms with Crippen molar-refractivity contribution >= 4 is 29.5 Å². The molecule has 4 bridgehead atoms. The summed E-state index contributed by atoms with van der Waals surface area (Å²) in [6.45, 7) is 11.5. The number of fused-ring (bicyclic) bond motifs is 5. The summed E-state index contributed by atoms with van der Waals surface area (Å²) < 4.78 is 18.1. The van der Waals surface area contributed by atoms with Crippen LogP contribution in [0.25, 0.3) is 22.5 Å². The lowest BCUT2D eigenvalue weighted by molar-refractivity contribution is -0.141. The highest BCUT2D eigenvalue weighted by Crippen LogP contribution is 2.40. The van der Waals surface area contributed by atoms with Gasteiger partial charge >= 0.3 is 0 Å². The van der Waals surface area contributed by atoms with Gasteiger partial charge in [0, 0.05) is 43.2 Å². The average molecular weight is 934 g/mol. The monoisotopic (exact) mass is 933 g/mol. The minimum absolute atomic E-state index is 0.00204. The summed E-state index contributed by atoms with van der Waals surface area (Å²) in [5.41, 5.74) is 21.9. The molecule has 0 aliphatic carbocycles. The van der Waals surface area contributed by atoms with Crippen LogP contribution >= 0.6 is 0 Å². The number of likely N-dealkylation sites (N-methyl/N-ethyl adjacent to an activating group) is 1. The molecule has 3 aromatic carbocycles. The number of nitriles is 1. The molecule has 4 atom stereocenters. The molecule has 0 radical (unpaired) electrons. The molecular weight excluding hydrogens is 871 g/mol. The summed E-state index contributed by atoms with van der Waals surface area (Å²) in [5.74, 6) is -2.20. The fourth-order valence-corrected chi connectivity index (χ4v) is 7.58. The number of aromatic nitrogens is 2. The first-order chi connectivity index (χ1) is 32.4. The SMILES string of the molecule is Cc1nc(-c2ccc(COC(C)(C)C)cc2)nc(C)c1C(=O)N[C@@H](CCN)C(=O)N(C)[C@@H]1C(=O)N[C@@H](C)C(=O)N[C@H](C(=O)NCC#N)Cc2ccc(OCCN)c(c2)-c2cc1ccc2OCCN. The van der Waals surface area contributed by atoms with E-state index < -0.39 is 53.7 Å². The maximum atomic E-state index is 14.7. The molecule has 68 heavy (non-hydrogen) atoms. The number of hydrogen-bond acceptors (Lipinski definition) is 14. The second-order valence-electron chi connectivity index (χ2n) is 17.4. The third-order valence-corrected chi connectivity index (χ3v) is 11.0. The molecule has 0 unspecified atom stereocenters. The van der Waals surface area contributed by atoms with Gasteiger partial charge in [-0.3, -0.25) is 24.0 Å². The fraction of sp³-hybridized carbons (Fsp3) is 0.429. The molecule has 19 heteroatoms. The summed E-state index contributed by atoms with van der Waals surface area (Å²) in [6.07, 6.45) is -0.0106. The zero-order valence-corrected chi connectivity index (χ0v) is 39.7. The highest BCUT2D eigenvalue weighted by atomic mass is 16.5. The van der Waals surface area contributed by atoms with E-state index in [4.69, 9.17) is 31.4 Å². The van der Waals surface area contributed by atoms with Gasteiger partial charge in [0.25, 0.3) is 5.91 Å². The molecule has 4 aromatic rings. The summed E-state index contributed by atoms with van der Waals surface area (Å²) in [7, 11) is 1.41. The van der Waals surface area contributed by atoms with Crippen molar-refractivity contribution in [3.8, 4) is 40.1 Å². The third-order valence-electron chi connectivity index (χ3n) is 11.0. The predicted molar refractivity (Wildman–Crippen MR) is 255 cm³/mol. The van der Waals surface area contributed by atoms with Gasteiger partial charge in [0.05, 0.1) is 35.2 Å². The summed E-state index contributed by atoms with van der Waals surface area (Å²) in [6, 6.07) is 14.6. The van der Waals surface area contributed by atoms with Crippen LogP contribution in [0.4, 0.5) is 0 Å². The number of benzene rings is 3. The number of ether oxygens (including phenoxy) is 3. The third kappa shape index (κ3) is 13.3. The van der Waals surface area contributed by atoms with Gasteiger partial charge in [0.1, 0.15) is 55.4 Å². The van der Waals surface area contributed by atoms with Crippen LogP contribution in [-0.2, 0) is 36.9 Å². The van der Waals surface area contributed by atoms with Crippen molar-refractivity contribution < 1.29 is 38.2 Å². The number of hydrogen-bond donors (Lipinski definition) is 7. The van der Waals surface area contributed by atoms with Gasteiger partial charge in [-0.15, -0.1) is 0 Å². The van der Waals surface area contributed by atoms with Crippen LogP contribution in [-0.4, -0.2) is 115 Å². The van der Waals surface area contributed by atoms with E-state index in [2.05, 4.69) is 31.2 Å². The van der Waals surface area contributed by atoms with Crippen LogP contribution < -0.4 is 47.9 Å². The van der Waals surface area contributed by atoms with E-state index in [1.165, 1.54) is 18.9 Å². The first-order valence-electron chi connectivity index (χ1n) is 22.4. The van der Waals surface area contributed by atoms with E-state index in [1.807, 2.05) is 51.1 Å². The highest BCUT2D eigenvalue weighted by molar-refractivity contribution is 6.00. The highest BCUT2D eigenvalue weighted by Gasteiger charge is 2.36. The number of carbonyl (C=O) groups is 5. The van der Waals surface area contributed by atoms with Gasteiger partial charge in [-0.2, -0.15) is 5.26 Å². The number of aryl methyl sites for hydroxylation is 2. The van der Waals surface area contributed by atoms with Crippen molar-refractivity contribution in [3.05, 3.63) is 94.3 Å². The molecule has 1 aromatic heterocycles. The molecule has 5 amide bonds. The topological polar surface area (TPSA) is 292 Å². The number of rotatable bonds is 17. The van der Waals surface area contributed by atoms with Crippen LogP contribution in [0.15, 0.2) is 60.7 Å². The Balaban J connectivity index is 1.54. The smallest absolute Gasteiger partial charge is 0.255 e. The lowest BCUT2D eigenvalue weighted by Gasteiger charge is -2.32. The maximum absolute atomic E-state index is 14.7. The first-order valence-corrected chi connectivity index (χ1v) is 22.4. The Morgan fingerprint density at radius 3 is 2.09 bits per heavy atom. The van der Waals surface area contributed by atoms with Crippen molar-refractivity contribution in [1.82, 2.24) is 36.1 Å². The molecule has 1 aliphatic rings. The summed E-state index contributed by atoms with van der Waals surface area (Å²) >= 11 is 0. The number of nitrogens with one attached hydrogen (secondary N) is 4. The van der Waals surface area contributed by atoms with Crippen molar-refractivity contribution in [2.75, 3.05) is 46.4 Å². The molecule has 0 saturated carbocycles. The van der Waals surface area contributed by atoms with Gasteiger partial charge in [0.15, 0.2) is 5.82 Å². The largest absolute Gasteiger partial charge is 0.492 e. The Bertz CT molecular complexity index is 2480. The Morgan fingerprint density at radius 1 is 0.882 bits per heavy atom. The Hall–Kier alpha value is -6.98. The van der Waals surface area contributed by atoms with E-state index in [9.17, 15) is 29.2 Å². The molecule has 0 fully saturated rings. The minimum atomic E-state index is -1.41. The van der Waals surface area contributed by atoms with Crippen molar-refractivity contribution in [2.24, 2.45) is 17.2 Å². The lowest BCUT2D eigenvalue weighted by atomic mass is 9.93. The predicted octanol–water partition coefficient (Wildman–Crippen LogP) is 2.25. The summed E-state index contributed by atoms with van der Waals surface area (Å²) in [4.78, 5) is 81.1. The van der Waals surface area contributed by atoms with Crippen LogP contribution in [0, 0.1) is 25.2 Å². The molecule has 0 saturated heterocycles. The van der Waals surface area contributed by atoms with E-state index >= 15 is 0 Å². The van der Waals surface area contributed by atoms with Crippen molar-refractivity contribution in [1.29, 1.82) is 5.26 Å². The van der Waals surface area contributed by atoms with E-state index in [0.29, 0.717) is 57.6 Å². The second-order valence-corrected chi connectivity index (χ2v) is 17.4. The second kappa shape index (κ2) is 23.7. The normalized spacial score (nSPS) is 16.5. The number of carbonyl (C=O) groups excluding carboxylic acids is 5. The fourth-order valence-electron chi connectivity index (χ4n) is 7.58. The number of nitrogens with zero attached hydrogens (tertiary/aromatic N) is 4. The molecular formula is C49H63N11O8. The van der Waals surface area contributed by atoms with Crippen LogP contribution in [0.2, 0.25) is 0 Å². The zero-order valence-electron chi connectivity index (χ0n) is 39.7. The van der Waals surface area contributed by atoms with Crippen molar-refractivity contribution in [2.45, 2.75) is 90.8 Å². The molecule has 0 spiro atoms. The number of nitrogens with two attached hydrogens (primary N) is 3. The van der Waals surface area contributed by atoms with Gasteiger partial charge in [-0.25, -0.2) is 9.97 Å². The lowest BCUT2D eigenvalue weighted by Crippen LogP contribution is -2.56. The average Bonchev–Trinajstić information content (AvgIpc) is 3.30.